The zero-order chi connectivity index (χ0) is 23.0. The molecule has 0 saturated carbocycles. The van der Waals surface area contributed by atoms with Crippen molar-refractivity contribution in [3.05, 3.63) is 69.2 Å². The van der Waals surface area contributed by atoms with Crippen LogP contribution < -0.4 is 5.32 Å². The maximum Gasteiger partial charge on any atom is 0.242 e. The quantitative estimate of drug-likeness (QED) is 0.483. The Bertz CT molecular complexity index is 882. The molecule has 0 saturated heterocycles. The van der Waals surface area contributed by atoms with Crippen molar-refractivity contribution in [1.82, 2.24) is 10.2 Å². The van der Waals surface area contributed by atoms with E-state index in [4.69, 9.17) is 23.2 Å². The Morgan fingerprint density at radius 3 is 2.23 bits per heavy atom. The van der Waals surface area contributed by atoms with Gasteiger partial charge in [0.2, 0.25) is 11.8 Å². The summed E-state index contributed by atoms with van der Waals surface area (Å²) in [5.74, 6) is 0.153. The molecule has 6 heteroatoms. The molecule has 2 aromatic carbocycles. The summed E-state index contributed by atoms with van der Waals surface area (Å²) < 4.78 is 0. The summed E-state index contributed by atoms with van der Waals surface area (Å²) in [5.41, 5.74) is 3.13. The van der Waals surface area contributed by atoms with Crippen LogP contribution in [0.3, 0.4) is 0 Å². The van der Waals surface area contributed by atoms with E-state index in [2.05, 4.69) is 5.32 Å². The Labute approximate surface area is 195 Å². The standard InChI is InChI=1S/C25H32Cl2N2O2/c1-5-23(25(31)28-15-17(2)3)29(16-20-10-12-21(26)22(27)14-20)24(30)13-11-19-8-6-18(4)7-9-19/h6-10,12,14,17,23H,5,11,13,15-16H2,1-4H3,(H,28,31). The third-order valence-electron chi connectivity index (χ3n) is 5.16. The summed E-state index contributed by atoms with van der Waals surface area (Å²) in [6.45, 7) is 8.93. The van der Waals surface area contributed by atoms with Gasteiger partial charge in [-0.1, -0.05) is 79.9 Å². The van der Waals surface area contributed by atoms with Gasteiger partial charge in [0, 0.05) is 19.5 Å². The van der Waals surface area contributed by atoms with Crippen LogP contribution in [0.25, 0.3) is 0 Å². The highest BCUT2D eigenvalue weighted by molar-refractivity contribution is 6.42. The van der Waals surface area contributed by atoms with Gasteiger partial charge in [-0.05, 0) is 48.9 Å². The van der Waals surface area contributed by atoms with E-state index in [1.807, 2.05) is 58.0 Å². The number of hydrogen-bond donors (Lipinski definition) is 1. The van der Waals surface area contributed by atoms with Crippen LogP contribution in [0, 0.1) is 12.8 Å². The molecule has 31 heavy (non-hydrogen) atoms. The summed E-state index contributed by atoms with van der Waals surface area (Å²) in [4.78, 5) is 27.8. The van der Waals surface area contributed by atoms with E-state index in [0.717, 1.165) is 11.1 Å². The van der Waals surface area contributed by atoms with Crippen LogP contribution in [0.2, 0.25) is 10.0 Å². The summed E-state index contributed by atoms with van der Waals surface area (Å²) in [6.07, 6.45) is 1.49. The minimum Gasteiger partial charge on any atom is -0.354 e. The van der Waals surface area contributed by atoms with E-state index in [-0.39, 0.29) is 11.8 Å². The van der Waals surface area contributed by atoms with Crippen LogP contribution in [-0.2, 0) is 22.6 Å². The zero-order valence-electron chi connectivity index (χ0n) is 18.8. The summed E-state index contributed by atoms with van der Waals surface area (Å²) in [5, 5.41) is 3.87. The first kappa shape index (κ1) is 25.2. The highest BCUT2D eigenvalue weighted by Gasteiger charge is 2.28. The molecule has 0 aliphatic rings. The van der Waals surface area contributed by atoms with Gasteiger partial charge in [-0.25, -0.2) is 0 Å². The predicted molar refractivity (Wildman–Crippen MR) is 128 cm³/mol. The summed E-state index contributed by atoms with van der Waals surface area (Å²) in [7, 11) is 0. The second-order valence-corrected chi connectivity index (χ2v) is 9.13. The van der Waals surface area contributed by atoms with Crippen LogP contribution in [-0.4, -0.2) is 29.3 Å². The molecule has 0 heterocycles. The topological polar surface area (TPSA) is 49.4 Å². The number of hydrogen-bond acceptors (Lipinski definition) is 2. The highest BCUT2D eigenvalue weighted by atomic mass is 35.5. The van der Waals surface area contributed by atoms with Crippen LogP contribution in [0.1, 0.15) is 50.3 Å². The second-order valence-electron chi connectivity index (χ2n) is 8.32. The molecule has 0 radical (unpaired) electrons. The average Bonchev–Trinajstić information content (AvgIpc) is 2.74. The van der Waals surface area contributed by atoms with Crippen LogP contribution >= 0.6 is 23.2 Å². The van der Waals surface area contributed by atoms with Crippen molar-refractivity contribution >= 4 is 35.0 Å². The molecule has 0 aliphatic carbocycles. The molecule has 2 amide bonds. The number of carbonyl (C=O) groups excluding carboxylic acids is 2. The normalized spacial score (nSPS) is 12.0. The van der Waals surface area contributed by atoms with E-state index in [0.29, 0.717) is 48.3 Å². The van der Waals surface area contributed by atoms with E-state index < -0.39 is 6.04 Å². The Hall–Kier alpha value is -2.04. The first-order valence-corrected chi connectivity index (χ1v) is 11.5. The Balaban J connectivity index is 2.21. The average molecular weight is 463 g/mol. The third-order valence-corrected chi connectivity index (χ3v) is 5.89. The lowest BCUT2D eigenvalue weighted by molar-refractivity contribution is -0.141. The molecule has 1 N–H and O–H groups in total. The summed E-state index contributed by atoms with van der Waals surface area (Å²) >= 11 is 12.2. The molecular formula is C25H32Cl2N2O2. The second kappa shape index (κ2) is 12.1. The number of rotatable bonds is 10. The van der Waals surface area contributed by atoms with Gasteiger partial charge in [-0.2, -0.15) is 0 Å². The van der Waals surface area contributed by atoms with Crippen molar-refractivity contribution in [2.75, 3.05) is 6.54 Å². The van der Waals surface area contributed by atoms with E-state index >= 15 is 0 Å². The number of amides is 2. The van der Waals surface area contributed by atoms with Crippen molar-refractivity contribution in [2.24, 2.45) is 5.92 Å². The van der Waals surface area contributed by atoms with Gasteiger partial charge in [0.15, 0.2) is 0 Å². The molecule has 4 nitrogen and oxygen atoms in total. The van der Waals surface area contributed by atoms with Gasteiger partial charge in [0.05, 0.1) is 10.0 Å². The van der Waals surface area contributed by atoms with Gasteiger partial charge in [0.1, 0.15) is 6.04 Å². The fraction of sp³-hybridized carbons (Fsp3) is 0.440. The lowest BCUT2D eigenvalue weighted by Gasteiger charge is -2.31. The van der Waals surface area contributed by atoms with E-state index in [1.54, 1.807) is 17.0 Å². The summed E-state index contributed by atoms with van der Waals surface area (Å²) in [6, 6.07) is 12.9. The molecule has 0 fully saturated rings. The number of nitrogens with zero attached hydrogens (tertiary/aromatic N) is 1. The maximum atomic E-state index is 13.3. The van der Waals surface area contributed by atoms with Crippen molar-refractivity contribution in [3.8, 4) is 0 Å². The minimum atomic E-state index is -0.543. The fourth-order valence-electron chi connectivity index (χ4n) is 3.33. The Morgan fingerprint density at radius 2 is 1.65 bits per heavy atom. The van der Waals surface area contributed by atoms with Crippen LogP contribution in [0.5, 0.6) is 0 Å². The molecule has 0 aromatic heterocycles. The number of nitrogens with one attached hydrogen (secondary N) is 1. The van der Waals surface area contributed by atoms with Crippen molar-refractivity contribution in [1.29, 1.82) is 0 Å². The number of halogens is 2. The number of aryl methyl sites for hydroxylation is 2. The molecule has 168 valence electrons. The first-order chi connectivity index (χ1) is 14.7. The predicted octanol–water partition coefficient (Wildman–Crippen LogP) is 5.81. The highest BCUT2D eigenvalue weighted by Crippen LogP contribution is 2.24. The molecule has 2 rings (SSSR count). The van der Waals surface area contributed by atoms with E-state index in [1.165, 1.54) is 5.56 Å². The number of benzene rings is 2. The molecule has 0 aliphatic heterocycles. The smallest absolute Gasteiger partial charge is 0.242 e. The van der Waals surface area contributed by atoms with Gasteiger partial charge in [-0.3, -0.25) is 9.59 Å². The van der Waals surface area contributed by atoms with Gasteiger partial charge in [0.25, 0.3) is 0 Å². The fourth-order valence-corrected chi connectivity index (χ4v) is 3.65. The Kier molecular flexibility index (Phi) is 9.86. The lowest BCUT2D eigenvalue weighted by Crippen LogP contribution is -2.49. The third kappa shape index (κ3) is 7.86. The van der Waals surface area contributed by atoms with Crippen LogP contribution in [0.4, 0.5) is 0 Å². The van der Waals surface area contributed by atoms with Gasteiger partial charge < -0.3 is 10.2 Å². The first-order valence-electron chi connectivity index (χ1n) is 10.8. The van der Waals surface area contributed by atoms with Gasteiger partial charge >= 0.3 is 0 Å². The van der Waals surface area contributed by atoms with Gasteiger partial charge in [-0.15, -0.1) is 0 Å². The number of carbonyl (C=O) groups is 2. The molecule has 2 aromatic rings. The molecule has 0 bridgehead atoms. The van der Waals surface area contributed by atoms with Crippen LogP contribution in [0.15, 0.2) is 42.5 Å². The van der Waals surface area contributed by atoms with E-state index in [9.17, 15) is 9.59 Å². The maximum absolute atomic E-state index is 13.3. The van der Waals surface area contributed by atoms with Crippen molar-refractivity contribution < 1.29 is 9.59 Å². The zero-order valence-corrected chi connectivity index (χ0v) is 20.3. The lowest BCUT2D eigenvalue weighted by atomic mass is 10.0. The van der Waals surface area contributed by atoms with Crippen molar-refractivity contribution in [3.63, 3.8) is 0 Å². The molecular weight excluding hydrogens is 431 g/mol. The SMILES string of the molecule is CCC(C(=O)NCC(C)C)N(Cc1ccc(Cl)c(Cl)c1)C(=O)CCc1ccc(C)cc1. The van der Waals surface area contributed by atoms with Crippen molar-refractivity contribution in [2.45, 2.75) is 59.5 Å². The monoisotopic (exact) mass is 462 g/mol. The minimum absolute atomic E-state index is 0.0572. The largest absolute Gasteiger partial charge is 0.354 e. The Morgan fingerprint density at radius 1 is 1.00 bits per heavy atom. The molecule has 1 unspecified atom stereocenters. The molecule has 1 atom stereocenters. The molecule has 0 spiro atoms.